The molecule has 0 aromatic carbocycles. The van der Waals surface area contributed by atoms with Crippen molar-refractivity contribution in [1.82, 2.24) is 0 Å². The van der Waals surface area contributed by atoms with Crippen LogP contribution in [0.15, 0.2) is 11.6 Å². The molecule has 1 unspecified atom stereocenters. The third-order valence-electron chi connectivity index (χ3n) is 14.0. The molecule has 0 aliphatic heterocycles. The Balaban J connectivity index is 1.62. The number of hydrogen-bond donors (Lipinski definition) is 2. The van der Waals surface area contributed by atoms with Crippen LogP contribution in [-0.2, 0) is 9.59 Å². The van der Waals surface area contributed by atoms with Gasteiger partial charge in [0.05, 0.1) is 11.0 Å². The summed E-state index contributed by atoms with van der Waals surface area (Å²) in [5.74, 6) is 0.568. The molecule has 0 radical (unpaired) electrons. The molecule has 10 atom stereocenters. The van der Waals surface area contributed by atoms with Gasteiger partial charge in [0.1, 0.15) is 5.78 Å². The van der Waals surface area contributed by atoms with Crippen molar-refractivity contribution in [3.05, 3.63) is 11.6 Å². The molecule has 0 amide bonds. The zero-order valence-electron chi connectivity index (χ0n) is 24.0. The molecule has 0 aromatic heterocycles. The Morgan fingerprint density at radius 2 is 1.56 bits per heavy atom. The molecule has 0 spiro atoms. The van der Waals surface area contributed by atoms with Crippen LogP contribution in [0.3, 0.4) is 0 Å². The lowest BCUT2D eigenvalue weighted by molar-refractivity contribution is -0.212. The fourth-order valence-electron chi connectivity index (χ4n) is 11.6. The van der Waals surface area contributed by atoms with E-state index in [4.69, 9.17) is 0 Å². The Labute approximate surface area is 218 Å². The number of carboxylic acid groups (broad SMARTS) is 1. The number of aliphatic hydroxyl groups is 1. The van der Waals surface area contributed by atoms with Gasteiger partial charge in [-0.2, -0.15) is 0 Å². The van der Waals surface area contributed by atoms with Gasteiger partial charge in [0.25, 0.3) is 0 Å². The molecule has 2 N–H and O–H groups in total. The molecular formula is C32H50O4. The molecule has 0 bridgehead atoms. The summed E-state index contributed by atoms with van der Waals surface area (Å²) in [6.45, 7) is 17.9. The summed E-state index contributed by atoms with van der Waals surface area (Å²) < 4.78 is 0. The van der Waals surface area contributed by atoms with Gasteiger partial charge in [-0.25, -0.2) is 0 Å². The first-order chi connectivity index (χ1) is 16.5. The highest BCUT2D eigenvalue weighted by molar-refractivity contribution is 5.79. The van der Waals surface area contributed by atoms with E-state index in [1.54, 1.807) is 6.92 Å². The molecular weight excluding hydrogens is 448 g/mol. The average Bonchev–Trinajstić information content (AvgIpc) is 2.75. The molecule has 5 rings (SSSR count). The zero-order chi connectivity index (χ0) is 26.7. The molecule has 5 aliphatic rings. The number of rotatable bonds is 2. The van der Waals surface area contributed by atoms with E-state index in [9.17, 15) is 19.8 Å². The second-order valence-corrected chi connectivity index (χ2v) is 15.4. The maximum absolute atomic E-state index is 12.9. The predicted octanol–water partition coefficient (Wildman–Crippen LogP) is 7.05. The minimum Gasteiger partial charge on any atom is -0.481 e. The molecule has 4 fully saturated rings. The lowest BCUT2D eigenvalue weighted by atomic mass is 9.32. The lowest BCUT2D eigenvalue weighted by Gasteiger charge is -2.72. The molecule has 4 nitrogen and oxygen atoms in total. The minimum atomic E-state index is -1.02. The summed E-state index contributed by atoms with van der Waals surface area (Å²) in [5, 5.41) is 22.5. The van der Waals surface area contributed by atoms with Crippen molar-refractivity contribution < 1.29 is 19.8 Å². The summed E-state index contributed by atoms with van der Waals surface area (Å²) in [6, 6.07) is 0. The van der Waals surface area contributed by atoms with Crippen LogP contribution in [0.2, 0.25) is 0 Å². The predicted molar refractivity (Wildman–Crippen MR) is 142 cm³/mol. The third kappa shape index (κ3) is 2.97. The number of fused-ring (bicyclic) bond motifs is 7. The van der Waals surface area contributed by atoms with Crippen molar-refractivity contribution in [2.45, 2.75) is 119 Å². The zero-order valence-corrected chi connectivity index (χ0v) is 24.0. The Morgan fingerprint density at radius 3 is 2.17 bits per heavy atom. The van der Waals surface area contributed by atoms with E-state index in [2.05, 4.69) is 47.6 Å². The van der Waals surface area contributed by atoms with Crippen molar-refractivity contribution >= 4 is 11.8 Å². The summed E-state index contributed by atoms with van der Waals surface area (Å²) in [7, 11) is 0. The smallest absolute Gasteiger partial charge is 0.310 e. The summed E-state index contributed by atoms with van der Waals surface area (Å²) >= 11 is 0. The van der Waals surface area contributed by atoms with Crippen LogP contribution in [0.1, 0.15) is 113 Å². The van der Waals surface area contributed by atoms with Gasteiger partial charge >= 0.3 is 5.97 Å². The normalized spacial score (nSPS) is 53.7. The third-order valence-corrected chi connectivity index (χ3v) is 14.0. The molecule has 0 saturated heterocycles. The standard InChI is InChI=1S/C32H50O4/c1-19-11-16-32(26(34)35)18-17-29(6)22(25(32)31(19,8)36)9-10-24-28(5)14-12-21(20(2)33)27(3,4)23(28)13-15-30(24,29)7/h9,19,21,23-25,36H,10-18H2,1-8H3,(H,34,35)/t19-,21+,23?,24-,25-,28+,29-,30-,31-,32+/m1/s1. The van der Waals surface area contributed by atoms with Crippen molar-refractivity contribution in [3.8, 4) is 0 Å². The number of allylic oxidation sites excluding steroid dienone is 1. The van der Waals surface area contributed by atoms with Gasteiger partial charge in [-0.15, -0.1) is 0 Å². The highest BCUT2D eigenvalue weighted by Gasteiger charge is 2.71. The molecule has 36 heavy (non-hydrogen) atoms. The fourth-order valence-corrected chi connectivity index (χ4v) is 11.6. The van der Waals surface area contributed by atoms with Gasteiger partial charge in [-0.05, 0) is 111 Å². The van der Waals surface area contributed by atoms with Gasteiger partial charge in [-0.3, -0.25) is 9.59 Å². The minimum absolute atomic E-state index is 0.00143. The Hall–Kier alpha value is -1.16. The first-order valence-corrected chi connectivity index (χ1v) is 14.7. The number of carbonyl (C=O) groups excluding carboxylic acids is 1. The van der Waals surface area contributed by atoms with Crippen molar-refractivity contribution in [1.29, 1.82) is 0 Å². The molecule has 202 valence electrons. The highest BCUT2D eigenvalue weighted by atomic mass is 16.4. The van der Waals surface area contributed by atoms with Crippen molar-refractivity contribution in [2.75, 3.05) is 0 Å². The number of hydrogen-bond acceptors (Lipinski definition) is 3. The van der Waals surface area contributed by atoms with Gasteiger partial charge in [0, 0.05) is 11.8 Å². The highest BCUT2D eigenvalue weighted by Crippen LogP contribution is 2.76. The maximum Gasteiger partial charge on any atom is 0.310 e. The van der Waals surface area contributed by atoms with Crippen LogP contribution in [0.4, 0.5) is 0 Å². The topological polar surface area (TPSA) is 74.6 Å². The second-order valence-electron chi connectivity index (χ2n) is 15.4. The average molecular weight is 499 g/mol. The number of carbonyl (C=O) groups is 2. The van der Waals surface area contributed by atoms with Crippen molar-refractivity contribution in [3.63, 3.8) is 0 Å². The van der Waals surface area contributed by atoms with Gasteiger partial charge in [-0.1, -0.05) is 53.2 Å². The van der Waals surface area contributed by atoms with Crippen LogP contribution in [0.5, 0.6) is 0 Å². The van der Waals surface area contributed by atoms with Crippen LogP contribution < -0.4 is 0 Å². The van der Waals surface area contributed by atoms with E-state index in [0.29, 0.717) is 30.5 Å². The van der Waals surface area contributed by atoms with E-state index in [1.807, 2.05) is 6.92 Å². The quantitative estimate of drug-likeness (QED) is 0.400. The molecule has 5 aliphatic carbocycles. The van der Waals surface area contributed by atoms with Gasteiger partial charge < -0.3 is 10.2 Å². The van der Waals surface area contributed by atoms with E-state index in [0.717, 1.165) is 44.9 Å². The largest absolute Gasteiger partial charge is 0.481 e. The Morgan fingerprint density at radius 1 is 0.889 bits per heavy atom. The van der Waals surface area contributed by atoms with E-state index in [1.165, 1.54) is 5.57 Å². The molecule has 4 saturated carbocycles. The van der Waals surface area contributed by atoms with Gasteiger partial charge in [0.2, 0.25) is 0 Å². The fraction of sp³-hybridized carbons (Fsp3) is 0.875. The first-order valence-electron chi connectivity index (χ1n) is 14.7. The van der Waals surface area contributed by atoms with E-state index < -0.39 is 17.0 Å². The Kier molecular flexibility index (Phi) is 5.66. The number of aliphatic carboxylic acids is 1. The maximum atomic E-state index is 12.9. The van der Waals surface area contributed by atoms with Crippen LogP contribution in [-0.4, -0.2) is 27.6 Å². The monoisotopic (exact) mass is 498 g/mol. The van der Waals surface area contributed by atoms with Crippen LogP contribution in [0.25, 0.3) is 0 Å². The van der Waals surface area contributed by atoms with Crippen molar-refractivity contribution in [2.24, 2.45) is 56.7 Å². The lowest BCUT2D eigenvalue weighted by Crippen LogP contribution is -2.67. The molecule has 0 heterocycles. The van der Waals surface area contributed by atoms with Gasteiger partial charge in [0.15, 0.2) is 0 Å². The van der Waals surface area contributed by atoms with E-state index >= 15 is 0 Å². The van der Waals surface area contributed by atoms with Crippen LogP contribution in [0, 0.1) is 56.7 Å². The van der Waals surface area contributed by atoms with Crippen LogP contribution >= 0.6 is 0 Å². The number of ketones is 1. The second kappa shape index (κ2) is 7.70. The SMILES string of the molecule is CC(=O)[C@@H]1CC[C@@]2(C)C(CC[C@]3(C)[C@@H]2CC=C2[C@H]4[C@](C(=O)O)(CC[C@@H](C)[C@@]4(C)O)CC[C@]23C)C1(C)C. The number of Topliss-reactive ketones (excluding diaryl/α,β-unsaturated/α-hetero) is 1. The Bertz CT molecular complexity index is 1010. The molecule has 4 heteroatoms. The summed E-state index contributed by atoms with van der Waals surface area (Å²) in [4.78, 5) is 25.5. The summed E-state index contributed by atoms with van der Waals surface area (Å²) in [6.07, 6.45) is 10.7. The molecule has 0 aromatic rings. The summed E-state index contributed by atoms with van der Waals surface area (Å²) in [5.41, 5.74) is -0.511. The number of carboxylic acids is 1. The first kappa shape index (κ1) is 26.4. The van der Waals surface area contributed by atoms with E-state index in [-0.39, 0.29) is 39.4 Å².